The van der Waals surface area contributed by atoms with Gasteiger partial charge < -0.3 is 15.7 Å². The van der Waals surface area contributed by atoms with Crippen molar-refractivity contribution >= 4 is 11.7 Å². The fourth-order valence-corrected chi connectivity index (χ4v) is 2.72. The summed E-state index contributed by atoms with van der Waals surface area (Å²) in [4.78, 5) is 12.1. The molecule has 2 rings (SSSR count). The van der Waals surface area contributed by atoms with Crippen LogP contribution in [-0.2, 0) is 6.42 Å². The maximum atomic E-state index is 12.1. The van der Waals surface area contributed by atoms with Gasteiger partial charge in [-0.3, -0.25) is 0 Å². The van der Waals surface area contributed by atoms with Crippen LogP contribution in [0.25, 0.3) is 0 Å². The summed E-state index contributed by atoms with van der Waals surface area (Å²) in [6.45, 7) is 2.07. The zero-order chi connectivity index (χ0) is 13.7. The lowest BCUT2D eigenvalue weighted by Gasteiger charge is -2.28. The molecule has 0 radical (unpaired) electrons. The van der Waals surface area contributed by atoms with Gasteiger partial charge in [0.2, 0.25) is 0 Å². The highest BCUT2D eigenvalue weighted by atomic mass is 16.3. The first-order chi connectivity index (χ1) is 9.19. The van der Waals surface area contributed by atoms with E-state index in [0.717, 1.165) is 43.4 Å². The molecule has 1 aliphatic rings. The summed E-state index contributed by atoms with van der Waals surface area (Å²) in [5, 5.41) is 15.3. The third-order valence-electron chi connectivity index (χ3n) is 3.89. The lowest BCUT2D eigenvalue weighted by molar-refractivity contribution is 0.167. The maximum absolute atomic E-state index is 12.1. The molecular weight excluding hydrogens is 240 g/mol. The predicted octanol–water partition coefficient (Wildman–Crippen LogP) is 2.68. The summed E-state index contributed by atoms with van der Waals surface area (Å²) in [6, 6.07) is 7.56. The molecule has 1 aromatic carbocycles. The van der Waals surface area contributed by atoms with Gasteiger partial charge in [0.1, 0.15) is 0 Å². The molecular formula is C15H22N2O2. The standard InChI is InChI=1S/C15H22N2O2/c1-2-12-7-3-4-8-13(12)16-14(19)17-15(11-18)9-5-6-10-15/h3-4,7-8,18H,2,5-6,9-11H2,1H3,(H2,16,17,19). The van der Waals surface area contributed by atoms with Crippen LogP contribution in [0.15, 0.2) is 24.3 Å². The van der Waals surface area contributed by atoms with E-state index in [1.807, 2.05) is 24.3 Å². The summed E-state index contributed by atoms with van der Waals surface area (Å²) in [7, 11) is 0. The maximum Gasteiger partial charge on any atom is 0.319 e. The normalized spacial score (nSPS) is 17.2. The Morgan fingerprint density at radius 2 is 2.00 bits per heavy atom. The van der Waals surface area contributed by atoms with E-state index >= 15 is 0 Å². The van der Waals surface area contributed by atoms with Gasteiger partial charge in [0.05, 0.1) is 12.1 Å². The molecule has 0 heterocycles. The van der Waals surface area contributed by atoms with Gasteiger partial charge in [0, 0.05) is 5.69 Å². The summed E-state index contributed by atoms with van der Waals surface area (Å²) in [5.74, 6) is 0. The van der Waals surface area contributed by atoms with Crippen LogP contribution in [-0.4, -0.2) is 23.3 Å². The lowest BCUT2D eigenvalue weighted by Crippen LogP contribution is -2.50. The quantitative estimate of drug-likeness (QED) is 0.781. The van der Waals surface area contributed by atoms with Crippen molar-refractivity contribution in [1.82, 2.24) is 5.32 Å². The van der Waals surface area contributed by atoms with E-state index in [1.165, 1.54) is 0 Å². The fourth-order valence-electron chi connectivity index (χ4n) is 2.72. The van der Waals surface area contributed by atoms with Gasteiger partial charge in [-0.25, -0.2) is 4.79 Å². The van der Waals surface area contributed by atoms with Crippen LogP contribution in [0.3, 0.4) is 0 Å². The second-order valence-corrected chi connectivity index (χ2v) is 5.24. The summed E-state index contributed by atoms with van der Waals surface area (Å²) in [5.41, 5.74) is 1.53. The Bertz CT molecular complexity index is 440. The summed E-state index contributed by atoms with van der Waals surface area (Å²) in [6.07, 6.45) is 4.71. The lowest BCUT2D eigenvalue weighted by atomic mass is 9.99. The Balaban J connectivity index is 2.01. The van der Waals surface area contributed by atoms with E-state index in [2.05, 4.69) is 17.6 Å². The molecule has 0 aliphatic heterocycles. The van der Waals surface area contributed by atoms with E-state index in [1.54, 1.807) is 0 Å². The van der Waals surface area contributed by atoms with Crippen LogP contribution in [0.2, 0.25) is 0 Å². The molecule has 0 spiro atoms. The van der Waals surface area contributed by atoms with Crippen LogP contribution >= 0.6 is 0 Å². The molecule has 3 N–H and O–H groups in total. The van der Waals surface area contributed by atoms with Crippen molar-refractivity contribution in [3.63, 3.8) is 0 Å². The van der Waals surface area contributed by atoms with Gasteiger partial charge in [-0.05, 0) is 30.9 Å². The molecule has 4 nitrogen and oxygen atoms in total. The number of urea groups is 1. The van der Waals surface area contributed by atoms with Gasteiger partial charge in [-0.2, -0.15) is 0 Å². The number of aliphatic hydroxyl groups is 1. The Labute approximate surface area is 114 Å². The Morgan fingerprint density at radius 1 is 1.32 bits per heavy atom. The first kappa shape index (κ1) is 13.9. The zero-order valence-electron chi connectivity index (χ0n) is 11.4. The number of hydrogen-bond acceptors (Lipinski definition) is 2. The largest absolute Gasteiger partial charge is 0.394 e. The van der Waals surface area contributed by atoms with Gasteiger partial charge in [0.25, 0.3) is 0 Å². The summed E-state index contributed by atoms with van der Waals surface area (Å²) >= 11 is 0. The minimum Gasteiger partial charge on any atom is -0.394 e. The molecule has 1 aromatic rings. The molecule has 4 heteroatoms. The molecule has 2 amide bonds. The predicted molar refractivity (Wildman–Crippen MR) is 76.3 cm³/mol. The average molecular weight is 262 g/mol. The number of rotatable bonds is 4. The highest BCUT2D eigenvalue weighted by Gasteiger charge is 2.34. The topological polar surface area (TPSA) is 61.4 Å². The molecule has 104 valence electrons. The molecule has 19 heavy (non-hydrogen) atoms. The van der Waals surface area contributed by atoms with Crippen molar-refractivity contribution in [1.29, 1.82) is 0 Å². The monoisotopic (exact) mass is 262 g/mol. The average Bonchev–Trinajstić information content (AvgIpc) is 2.88. The number of hydrogen-bond donors (Lipinski definition) is 3. The molecule has 1 aliphatic carbocycles. The first-order valence-electron chi connectivity index (χ1n) is 6.97. The van der Waals surface area contributed by atoms with Crippen molar-refractivity contribution < 1.29 is 9.90 Å². The number of carbonyl (C=O) groups excluding carboxylic acids is 1. The van der Waals surface area contributed by atoms with Crippen molar-refractivity contribution in [2.24, 2.45) is 0 Å². The van der Waals surface area contributed by atoms with E-state index in [0.29, 0.717) is 0 Å². The Morgan fingerprint density at radius 3 is 2.63 bits per heavy atom. The number of benzene rings is 1. The van der Waals surface area contributed by atoms with E-state index < -0.39 is 5.54 Å². The zero-order valence-corrected chi connectivity index (χ0v) is 11.4. The number of aryl methyl sites for hydroxylation is 1. The third-order valence-corrected chi connectivity index (χ3v) is 3.89. The molecule has 0 aromatic heterocycles. The van der Waals surface area contributed by atoms with E-state index in [9.17, 15) is 9.90 Å². The fraction of sp³-hybridized carbons (Fsp3) is 0.533. The highest BCUT2D eigenvalue weighted by Crippen LogP contribution is 2.29. The van der Waals surface area contributed by atoms with E-state index in [-0.39, 0.29) is 12.6 Å². The first-order valence-corrected chi connectivity index (χ1v) is 6.97. The van der Waals surface area contributed by atoms with Crippen LogP contribution in [0.1, 0.15) is 38.2 Å². The molecule has 1 fully saturated rings. The van der Waals surface area contributed by atoms with Gasteiger partial charge in [-0.1, -0.05) is 38.0 Å². The minimum atomic E-state index is -0.425. The molecule has 0 unspecified atom stereocenters. The number of carbonyl (C=O) groups is 1. The van der Waals surface area contributed by atoms with Gasteiger partial charge >= 0.3 is 6.03 Å². The van der Waals surface area contributed by atoms with Crippen molar-refractivity contribution in [3.8, 4) is 0 Å². The van der Waals surface area contributed by atoms with Crippen LogP contribution < -0.4 is 10.6 Å². The van der Waals surface area contributed by atoms with Gasteiger partial charge in [-0.15, -0.1) is 0 Å². The van der Waals surface area contributed by atoms with E-state index in [4.69, 9.17) is 0 Å². The molecule has 1 saturated carbocycles. The van der Waals surface area contributed by atoms with Crippen LogP contribution in [0, 0.1) is 0 Å². The molecule has 0 atom stereocenters. The number of para-hydroxylation sites is 1. The van der Waals surface area contributed by atoms with Crippen molar-refractivity contribution in [3.05, 3.63) is 29.8 Å². The van der Waals surface area contributed by atoms with Gasteiger partial charge in [0.15, 0.2) is 0 Å². The number of anilines is 1. The van der Waals surface area contributed by atoms with Crippen LogP contribution in [0.4, 0.5) is 10.5 Å². The number of amides is 2. The Hall–Kier alpha value is -1.55. The van der Waals surface area contributed by atoms with Crippen molar-refractivity contribution in [2.75, 3.05) is 11.9 Å². The highest BCUT2D eigenvalue weighted by molar-refractivity contribution is 5.90. The Kier molecular flexibility index (Phi) is 4.43. The molecule has 0 bridgehead atoms. The smallest absolute Gasteiger partial charge is 0.319 e. The second-order valence-electron chi connectivity index (χ2n) is 5.24. The number of aliphatic hydroxyl groups excluding tert-OH is 1. The minimum absolute atomic E-state index is 0.00977. The number of nitrogens with one attached hydrogen (secondary N) is 2. The van der Waals surface area contributed by atoms with Crippen LogP contribution in [0.5, 0.6) is 0 Å². The SMILES string of the molecule is CCc1ccccc1NC(=O)NC1(CO)CCCC1. The molecule has 0 saturated heterocycles. The second kappa shape index (κ2) is 6.06. The van der Waals surface area contributed by atoms with Crippen molar-refractivity contribution in [2.45, 2.75) is 44.6 Å². The summed E-state index contributed by atoms with van der Waals surface area (Å²) < 4.78 is 0. The third kappa shape index (κ3) is 3.26.